The molecule has 1 heterocycles. The van der Waals surface area contributed by atoms with Crippen molar-refractivity contribution < 1.29 is 8.42 Å². The first kappa shape index (κ1) is 11.0. The fourth-order valence-electron chi connectivity index (χ4n) is 2.93. The summed E-state index contributed by atoms with van der Waals surface area (Å²) in [4.78, 5) is 0. The van der Waals surface area contributed by atoms with Gasteiger partial charge in [-0.3, -0.25) is 0 Å². The fourth-order valence-corrected chi connectivity index (χ4v) is 3.91. The predicted octanol–water partition coefficient (Wildman–Crippen LogP) is -0.346. The molecule has 3 rings (SSSR count). The standard InChI is InChI=1S/C10H19N3O2S/c11-16(14,15)13(5-8-1-2-8)9-3-10(4-9)6-12-7-10/h8-9,12H,1-7H2,(H2,11,14,15). The summed E-state index contributed by atoms with van der Waals surface area (Å²) >= 11 is 0. The van der Waals surface area contributed by atoms with Crippen LogP contribution in [0.1, 0.15) is 25.7 Å². The van der Waals surface area contributed by atoms with Crippen LogP contribution in [0.5, 0.6) is 0 Å². The van der Waals surface area contributed by atoms with Gasteiger partial charge >= 0.3 is 0 Å². The lowest BCUT2D eigenvalue weighted by atomic mass is 9.61. The third-order valence-corrected chi connectivity index (χ3v) is 5.31. The molecule has 0 atom stereocenters. The summed E-state index contributed by atoms with van der Waals surface area (Å²) in [5.41, 5.74) is 0.400. The van der Waals surface area contributed by atoms with E-state index in [0.29, 0.717) is 17.9 Å². The lowest BCUT2D eigenvalue weighted by molar-refractivity contribution is -0.00762. The van der Waals surface area contributed by atoms with Gasteiger partial charge in [-0.15, -0.1) is 0 Å². The molecule has 2 aliphatic carbocycles. The van der Waals surface area contributed by atoms with Gasteiger partial charge in [-0.25, -0.2) is 5.14 Å². The highest BCUT2D eigenvalue weighted by Crippen LogP contribution is 2.47. The van der Waals surface area contributed by atoms with Gasteiger partial charge in [-0.1, -0.05) is 0 Å². The van der Waals surface area contributed by atoms with Crippen molar-refractivity contribution in [2.75, 3.05) is 19.6 Å². The topological polar surface area (TPSA) is 75.4 Å². The van der Waals surface area contributed by atoms with E-state index in [0.717, 1.165) is 38.8 Å². The average Bonchev–Trinajstić information content (AvgIpc) is 2.78. The Labute approximate surface area is 96.6 Å². The summed E-state index contributed by atoms with van der Waals surface area (Å²) in [6.07, 6.45) is 4.29. The fraction of sp³-hybridized carbons (Fsp3) is 1.00. The van der Waals surface area contributed by atoms with Crippen LogP contribution in [0.4, 0.5) is 0 Å². The molecule has 1 saturated heterocycles. The van der Waals surface area contributed by atoms with E-state index < -0.39 is 10.2 Å². The zero-order valence-electron chi connectivity index (χ0n) is 9.35. The molecule has 1 aliphatic heterocycles. The van der Waals surface area contributed by atoms with E-state index in [9.17, 15) is 8.42 Å². The van der Waals surface area contributed by atoms with E-state index >= 15 is 0 Å². The summed E-state index contributed by atoms with van der Waals surface area (Å²) in [7, 11) is -3.50. The normalized spacial score (nSPS) is 29.1. The van der Waals surface area contributed by atoms with Crippen LogP contribution in [0.2, 0.25) is 0 Å². The number of hydrogen-bond donors (Lipinski definition) is 2. The smallest absolute Gasteiger partial charge is 0.277 e. The molecule has 92 valence electrons. The maximum atomic E-state index is 11.5. The quantitative estimate of drug-likeness (QED) is 0.711. The molecule has 0 bridgehead atoms. The Balaban J connectivity index is 1.64. The van der Waals surface area contributed by atoms with Crippen molar-refractivity contribution in [3.8, 4) is 0 Å². The van der Waals surface area contributed by atoms with Crippen LogP contribution in [0, 0.1) is 11.3 Å². The highest BCUT2D eigenvalue weighted by molar-refractivity contribution is 7.86. The van der Waals surface area contributed by atoms with Gasteiger partial charge in [0.15, 0.2) is 0 Å². The van der Waals surface area contributed by atoms with Crippen LogP contribution >= 0.6 is 0 Å². The number of nitrogens with zero attached hydrogens (tertiary/aromatic N) is 1. The third-order valence-electron chi connectivity index (χ3n) is 4.21. The number of rotatable bonds is 4. The molecule has 0 radical (unpaired) electrons. The summed E-state index contributed by atoms with van der Waals surface area (Å²) in [5.74, 6) is 0.564. The molecule has 1 spiro atoms. The van der Waals surface area contributed by atoms with Crippen molar-refractivity contribution in [3.05, 3.63) is 0 Å². The maximum Gasteiger partial charge on any atom is 0.277 e. The monoisotopic (exact) mass is 245 g/mol. The summed E-state index contributed by atoms with van der Waals surface area (Å²) in [6.45, 7) is 2.74. The first-order valence-corrected chi connectivity index (χ1v) is 7.49. The Morgan fingerprint density at radius 1 is 1.31 bits per heavy atom. The second kappa shape index (κ2) is 3.41. The molecule has 6 heteroatoms. The molecule has 0 unspecified atom stereocenters. The van der Waals surface area contributed by atoms with Gasteiger partial charge in [0, 0.05) is 25.7 Å². The predicted molar refractivity (Wildman–Crippen MR) is 60.9 cm³/mol. The highest BCUT2D eigenvalue weighted by atomic mass is 32.2. The summed E-state index contributed by atoms with van der Waals surface area (Å²) in [5, 5.41) is 8.55. The van der Waals surface area contributed by atoms with E-state index in [1.165, 1.54) is 0 Å². The molecule has 0 aromatic carbocycles. The highest BCUT2D eigenvalue weighted by Gasteiger charge is 2.52. The molecule has 2 saturated carbocycles. The molecule has 3 fully saturated rings. The lowest BCUT2D eigenvalue weighted by Crippen LogP contribution is -2.66. The largest absolute Gasteiger partial charge is 0.316 e. The van der Waals surface area contributed by atoms with Gasteiger partial charge in [-0.05, 0) is 37.0 Å². The van der Waals surface area contributed by atoms with Crippen LogP contribution in [0.3, 0.4) is 0 Å². The Kier molecular flexibility index (Phi) is 2.34. The molecule has 5 nitrogen and oxygen atoms in total. The van der Waals surface area contributed by atoms with Crippen molar-refractivity contribution in [1.82, 2.24) is 9.62 Å². The van der Waals surface area contributed by atoms with E-state index in [2.05, 4.69) is 5.32 Å². The number of hydrogen-bond acceptors (Lipinski definition) is 3. The summed E-state index contributed by atoms with van der Waals surface area (Å²) in [6, 6.07) is 0.165. The molecular formula is C10H19N3O2S. The van der Waals surface area contributed by atoms with E-state index in [4.69, 9.17) is 5.14 Å². The Morgan fingerprint density at radius 3 is 2.31 bits per heavy atom. The van der Waals surface area contributed by atoms with E-state index in [1.54, 1.807) is 4.31 Å². The lowest BCUT2D eigenvalue weighted by Gasteiger charge is -2.56. The van der Waals surface area contributed by atoms with Crippen molar-refractivity contribution >= 4 is 10.2 Å². The number of nitrogens with two attached hydrogens (primary N) is 1. The van der Waals surface area contributed by atoms with Gasteiger partial charge in [0.1, 0.15) is 0 Å². The first-order valence-electron chi connectivity index (χ1n) is 5.99. The zero-order valence-corrected chi connectivity index (χ0v) is 10.2. The Morgan fingerprint density at radius 2 is 1.94 bits per heavy atom. The van der Waals surface area contributed by atoms with Crippen molar-refractivity contribution in [2.45, 2.75) is 31.7 Å². The summed E-state index contributed by atoms with van der Waals surface area (Å²) < 4.78 is 24.6. The van der Waals surface area contributed by atoms with Gasteiger partial charge in [-0.2, -0.15) is 12.7 Å². The SMILES string of the molecule is NS(=O)(=O)N(CC1CC1)C1CC2(CNC2)C1. The molecule has 3 aliphatic rings. The number of nitrogens with one attached hydrogen (secondary N) is 1. The molecule has 0 aromatic heterocycles. The van der Waals surface area contributed by atoms with Gasteiger partial charge < -0.3 is 5.32 Å². The van der Waals surface area contributed by atoms with Crippen LogP contribution in [-0.4, -0.2) is 38.4 Å². The molecule has 0 aromatic rings. The van der Waals surface area contributed by atoms with Crippen LogP contribution < -0.4 is 10.5 Å². The van der Waals surface area contributed by atoms with Crippen LogP contribution in [0.25, 0.3) is 0 Å². The molecular weight excluding hydrogens is 226 g/mol. The minimum atomic E-state index is -3.50. The minimum absolute atomic E-state index is 0.165. The molecule has 0 amide bonds. The van der Waals surface area contributed by atoms with Crippen molar-refractivity contribution in [1.29, 1.82) is 0 Å². The Hall–Kier alpha value is -0.170. The van der Waals surface area contributed by atoms with Crippen molar-refractivity contribution in [3.63, 3.8) is 0 Å². The Bertz CT molecular complexity index is 379. The van der Waals surface area contributed by atoms with E-state index in [1.807, 2.05) is 0 Å². The minimum Gasteiger partial charge on any atom is -0.316 e. The molecule has 16 heavy (non-hydrogen) atoms. The van der Waals surface area contributed by atoms with Crippen molar-refractivity contribution in [2.24, 2.45) is 16.5 Å². The first-order chi connectivity index (χ1) is 7.49. The second-order valence-electron chi connectivity index (χ2n) is 5.72. The second-order valence-corrected chi connectivity index (χ2v) is 7.22. The van der Waals surface area contributed by atoms with Gasteiger partial charge in [0.2, 0.25) is 0 Å². The van der Waals surface area contributed by atoms with Gasteiger partial charge in [0.25, 0.3) is 10.2 Å². The van der Waals surface area contributed by atoms with Crippen LogP contribution in [0.15, 0.2) is 0 Å². The van der Waals surface area contributed by atoms with Crippen LogP contribution in [-0.2, 0) is 10.2 Å². The van der Waals surface area contributed by atoms with E-state index in [-0.39, 0.29) is 6.04 Å². The maximum absolute atomic E-state index is 11.5. The zero-order chi connectivity index (χ0) is 11.4. The van der Waals surface area contributed by atoms with Gasteiger partial charge in [0.05, 0.1) is 0 Å². The third kappa shape index (κ3) is 1.88. The molecule has 3 N–H and O–H groups in total. The average molecular weight is 245 g/mol.